The Morgan fingerprint density at radius 3 is 1.88 bits per heavy atom. The first-order valence-electron chi connectivity index (χ1n) is 6.79. The molecule has 0 aromatic carbocycles. The van der Waals surface area contributed by atoms with E-state index in [1.807, 2.05) is 0 Å². The van der Waals surface area contributed by atoms with Crippen molar-refractivity contribution in [3.8, 4) is 0 Å². The van der Waals surface area contributed by atoms with Crippen molar-refractivity contribution in [3.05, 3.63) is 0 Å². The van der Waals surface area contributed by atoms with Crippen molar-refractivity contribution in [1.29, 1.82) is 0 Å². The molecule has 2 rings (SSSR count). The second kappa shape index (κ2) is 4.22. The van der Waals surface area contributed by atoms with Gasteiger partial charge in [-0.25, -0.2) is 0 Å². The zero-order valence-electron chi connectivity index (χ0n) is 12.3. The molecule has 0 saturated carbocycles. The van der Waals surface area contributed by atoms with Gasteiger partial charge in [-0.3, -0.25) is 9.80 Å². The molecule has 0 spiro atoms. The van der Waals surface area contributed by atoms with Crippen molar-refractivity contribution in [1.82, 2.24) is 9.80 Å². The maximum atomic E-state index is 6.05. The Morgan fingerprint density at radius 1 is 0.824 bits per heavy atom. The average Bonchev–Trinajstić information content (AvgIpc) is 2.57. The van der Waals surface area contributed by atoms with Gasteiger partial charge in [0.1, 0.15) is 0 Å². The maximum Gasteiger partial charge on any atom is 0.0999 e. The van der Waals surface area contributed by atoms with Gasteiger partial charge in [0.25, 0.3) is 0 Å². The SMILES string of the molecule is CC(C)(C)N1COC2CN(C(C)(C)C)CC2C1. The summed E-state index contributed by atoms with van der Waals surface area (Å²) in [6.07, 6.45) is 0.452. The molecule has 2 unspecified atom stereocenters. The summed E-state index contributed by atoms with van der Waals surface area (Å²) in [5.74, 6) is 0.683. The zero-order chi connectivity index (χ0) is 12.8. The molecule has 0 bridgehead atoms. The quantitative estimate of drug-likeness (QED) is 0.645. The van der Waals surface area contributed by atoms with Crippen molar-refractivity contribution < 1.29 is 4.74 Å². The summed E-state index contributed by atoms with van der Waals surface area (Å²) in [6, 6.07) is 0. The molecular weight excluding hydrogens is 212 g/mol. The molecule has 2 atom stereocenters. The molecule has 2 fully saturated rings. The van der Waals surface area contributed by atoms with Crippen LogP contribution in [-0.4, -0.2) is 53.3 Å². The molecule has 0 amide bonds. The van der Waals surface area contributed by atoms with Crippen LogP contribution in [0.4, 0.5) is 0 Å². The van der Waals surface area contributed by atoms with Gasteiger partial charge in [-0.1, -0.05) is 0 Å². The summed E-state index contributed by atoms with van der Waals surface area (Å²) in [6.45, 7) is 18.0. The van der Waals surface area contributed by atoms with Gasteiger partial charge in [0.05, 0.1) is 12.8 Å². The minimum atomic E-state index is 0.222. The van der Waals surface area contributed by atoms with Gasteiger partial charge in [-0.2, -0.15) is 0 Å². The average molecular weight is 240 g/mol. The van der Waals surface area contributed by atoms with Crippen LogP contribution in [0.1, 0.15) is 41.5 Å². The fourth-order valence-corrected chi connectivity index (χ4v) is 2.74. The van der Waals surface area contributed by atoms with Crippen LogP contribution in [0.5, 0.6) is 0 Å². The standard InChI is InChI=1S/C14H28N2O/c1-13(2,3)15-7-11-8-16(14(4,5)6)10-17-12(11)9-15/h11-12H,7-10H2,1-6H3. The number of ether oxygens (including phenoxy) is 1. The maximum absolute atomic E-state index is 6.05. The molecule has 0 aromatic rings. The van der Waals surface area contributed by atoms with Gasteiger partial charge in [0, 0.05) is 36.6 Å². The number of fused-ring (bicyclic) bond motifs is 1. The van der Waals surface area contributed by atoms with Gasteiger partial charge in [-0.05, 0) is 41.5 Å². The predicted molar refractivity (Wildman–Crippen MR) is 71.0 cm³/mol. The third kappa shape index (κ3) is 2.83. The fraction of sp³-hybridized carbons (Fsp3) is 1.00. The van der Waals surface area contributed by atoms with Crippen molar-refractivity contribution in [3.63, 3.8) is 0 Å². The highest BCUT2D eigenvalue weighted by atomic mass is 16.5. The summed E-state index contributed by atoms with van der Waals surface area (Å²) in [7, 11) is 0. The van der Waals surface area contributed by atoms with Gasteiger partial charge >= 0.3 is 0 Å². The molecule has 2 saturated heterocycles. The molecule has 0 N–H and O–H groups in total. The lowest BCUT2D eigenvalue weighted by molar-refractivity contribution is -0.114. The number of nitrogens with zero attached hydrogens (tertiary/aromatic N) is 2. The molecule has 3 heteroatoms. The molecule has 3 nitrogen and oxygen atoms in total. The van der Waals surface area contributed by atoms with Gasteiger partial charge in [0.2, 0.25) is 0 Å². The van der Waals surface area contributed by atoms with E-state index in [0.717, 1.165) is 13.3 Å². The Labute approximate surface area is 106 Å². The minimum absolute atomic E-state index is 0.222. The van der Waals surface area contributed by atoms with Crippen LogP contribution < -0.4 is 0 Å². The van der Waals surface area contributed by atoms with Crippen molar-refractivity contribution >= 4 is 0 Å². The second-order valence-electron chi connectivity index (χ2n) is 7.56. The molecule has 100 valence electrons. The van der Waals surface area contributed by atoms with Crippen molar-refractivity contribution in [2.75, 3.05) is 26.4 Å². The van der Waals surface area contributed by atoms with Crippen LogP contribution in [0.3, 0.4) is 0 Å². The Kier molecular flexibility index (Phi) is 3.30. The van der Waals surface area contributed by atoms with Crippen LogP contribution in [0, 0.1) is 5.92 Å². The van der Waals surface area contributed by atoms with Crippen molar-refractivity contribution in [2.24, 2.45) is 5.92 Å². The molecule has 0 aliphatic carbocycles. The summed E-state index contributed by atoms with van der Waals surface area (Å²) in [5, 5.41) is 0. The molecule has 17 heavy (non-hydrogen) atoms. The van der Waals surface area contributed by atoms with E-state index in [1.54, 1.807) is 0 Å². The fourth-order valence-electron chi connectivity index (χ4n) is 2.74. The van der Waals surface area contributed by atoms with Gasteiger partial charge < -0.3 is 4.74 Å². The molecule has 2 aliphatic rings. The Hall–Kier alpha value is -0.120. The first-order chi connectivity index (χ1) is 7.68. The lowest BCUT2D eigenvalue weighted by Crippen LogP contribution is -2.52. The monoisotopic (exact) mass is 240 g/mol. The predicted octanol–water partition coefficient (Wildman–Crippen LogP) is 2.17. The second-order valence-corrected chi connectivity index (χ2v) is 7.56. The zero-order valence-corrected chi connectivity index (χ0v) is 12.3. The smallest absolute Gasteiger partial charge is 0.0999 e. The Balaban J connectivity index is 1.99. The third-order valence-electron chi connectivity index (χ3n) is 4.18. The van der Waals surface area contributed by atoms with Gasteiger partial charge in [-0.15, -0.1) is 0 Å². The highest BCUT2D eigenvalue weighted by Gasteiger charge is 2.43. The van der Waals surface area contributed by atoms with E-state index in [4.69, 9.17) is 4.74 Å². The summed E-state index contributed by atoms with van der Waals surface area (Å²) in [5.41, 5.74) is 0.493. The van der Waals surface area contributed by atoms with E-state index in [0.29, 0.717) is 12.0 Å². The third-order valence-corrected chi connectivity index (χ3v) is 4.18. The van der Waals surface area contributed by atoms with E-state index < -0.39 is 0 Å². The summed E-state index contributed by atoms with van der Waals surface area (Å²) < 4.78 is 6.05. The van der Waals surface area contributed by atoms with Crippen LogP contribution >= 0.6 is 0 Å². The Morgan fingerprint density at radius 2 is 1.35 bits per heavy atom. The van der Waals surface area contributed by atoms with E-state index in [2.05, 4.69) is 51.3 Å². The van der Waals surface area contributed by atoms with Crippen LogP contribution in [0.2, 0.25) is 0 Å². The van der Waals surface area contributed by atoms with Crippen LogP contribution in [-0.2, 0) is 4.74 Å². The first-order valence-corrected chi connectivity index (χ1v) is 6.79. The topological polar surface area (TPSA) is 15.7 Å². The molecular formula is C14H28N2O. The molecule has 2 heterocycles. The molecule has 2 aliphatic heterocycles. The normalized spacial score (nSPS) is 32.8. The lowest BCUT2D eigenvalue weighted by atomic mass is 9.99. The summed E-state index contributed by atoms with van der Waals surface area (Å²) in [4.78, 5) is 5.02. The summed E-state index contributed by atoms with van der Waals surface area (Å²) >= 11 is 0. The number of likely N-dealkylation sites (tertiary alicyclic amines) is 1. The largest absolute Gasteiger partial charge is 0.361 e. The number of hydrogen-bond acceptors (Lipinski definition) is 3. The minimum Gasteiger partial charge on any atom is -0.361 e. The van der Waals surface area contributed by atoms with E-state index in [-0.39, 0.29) is 11.1 Å². The van der Waals surface area contributed by atoms with E-state index >= 15 is 0 Å². The number of rotatable bonds is 0. The highest BCUT2D eigenvalue weighted by Crippen LogP contribution is 2.32. The first kappa shape index (κ1) is 13.3. The van der Waals surface area contributed by atoms with Gasteiger partial charge in [0.15, 0.2) is 0 Å². The lowest BCUT2D eigenvalue weighted by Gasteiger charge is -2.42. The number of hydrogen-bond donors (Lipinski definition) is 0. The van der Waals surface area contributed by atoms with E-state index in [1.165, 1.54) is 13.1 Å². The molecule has 0 radical (unpaired) electrons. The molecule has 0 aromatic heterocycles. The van der Waals surface area contributed by atoms with Crippen LogP contribution in [0.15, 0.2) is 0 Å². The Bertz CT molecular complexity index is 265. The van der Waals surface area contributed by atoms with Crippen molar-refractivity contribution in [2.45, 2.75) is 58.7 Å². The highest BCUT2D eigenvalue weighted by molar-refractivity contribution is 4.95. The van der Waals surface area contributed by atoms with E-state index in [9.17, 15) is 0 Å². The van der Waals surface area contributed by atoms with Crippen LogP contribution in [0.25, 0.3) is 0 Å².